The first-order chi connectivity index (χ1) is 9.54. The Labute approximate surface area is 119 Å². The number of benzene rings is 1. The number of para-hydroxylation sites is 1. The van der Waals surface area contributed by atoms with E-state index in [-0.39, 0.29) is 16.5 Å². The molecule has 6 nitrogen and oxygen atoms in total. The highest BCUT2D eigenvalue weighted by Crippen LogP contribution is 2.39. The summed E-state index contributed by atoms with van der Waals surface area (Å²) in [5, 5.41) is 19.8. The predicted octanol–water partition coefficient (Wildman–Crippen LogP) is 3.62. The summed E-state index contributed by atoms with van der Waals surface area (Å²) in [6.07, 6.45) is 1.14. The Hall–Kier alpha value is -2.65. The maximum Gasteiger partial charge on any atom is 0.349 e. The van der Waals surface area contributed by atoms with E-state index < -0.39 is 10.6 Å². The fourth-order valence-electron chi connectivity index (χ4n) is 1.58. The predicted molar refractivity (Wildman–Crippen MR) is 71.9 cm³/mol. The topological polar surface area (TPSA) is 89.0 Å². The third-order valence-corrected chi connectivity index (χ3v) is 2.85. The van der Waals surface area contributed by atoms with Crippen molar-refractivity contribution in [3.05, 3.63) is 56.9 Å². The van der Waals surface area contributed by atoms with Crippen molar-refractivity contribution >= 4 is 17.3 Å². The van der Waals surface area contributed by atoms with Crippen LogP contribution in [0.4, 0.5) is 5.69 Å². The van der Waals surface area contributed by atoms with Crippen LogP contribution >= 0.6 is 11.6 Å². The Bertz CT molecular complexity index is 725. The number of hydrogen-bond acceptors (Lipinski definition) is 5. The summed E-state index contributed by atoms with van der Waals surface area (Å²) in [6.45, 7) is 1.79. The quantitative estimate of drug-likeness (QED) is 0.489. The molecular formula is C13H8ClN3O3. The third-order valence-electron chi connectivity index (χ3n) is 2.57. The van der Waals surface area contributed by atoms with Crippen LogP contribution in [0.5, 0.6) is 11.5 Å². The number of hydrogen-bond donors (Lipinski definition) is 0. The molecule has 1 aromatic carbocycles. The van der Waals surface area contributed by atoms with Crippen LogP contribution < -0.4 is 4.74 Å². The monoisotopic (exact) mass is 289 g/mol. The highest BCUT2D eigenvalue weighted by atomic mass is 35.5. The number of nitrogens with zero attached hydrogens (tertiary/aromatic N) is 3. The standard InChI is InChI=1S/C13H8ClN3O3/c1-8-4-2-3-5-10(8)20-12-9(6-15)7-16-13(14)11(12)17(18)19/h2-5,7H,1H3. The molecule has 0 amide bonds. The lowest BCUT2D eigenvalue weighted by Gasteiger charge is -2.10. The number of aryl methyl sites for hydroxylation is 1. The van der Waals surface area contributed by atoms with E-state index in [4.69, 9.17) is 21.6 Å². The van der Waals surface area contributed by atoms with Crippen molar-refractivity contribution in [3.8, 4) is 17.6 Å². The van der Waals surface area contributed by atoms with Crippen LogP contribution in [-0.4, -0.2) is 9.91 Å². The van der Waals surface area contributed by atoms with Crippen molar-refractivity contribution in [2.45, 2.75) is 6.92 Å². The number of nitro groups is 1. The molecule has 0 radical (unpaired) electrons. The van der Waals surface area contributed by atoms with Gasteiger partial charge in [-0.3, -0.25) is 10.1 Å². The van der Waals surface area contributed by atoms with Gasteiger partial charge in [0, 0.05) is 0 Å². The van der Waals surface area contributed by atoms with Gasteiger partial charge < -0.3 is 4.74 Å². The van der Waals surface area contributed by atoms with Gasteiger partial charge in [0.2, 0.25) is 10.9 Å². The van der Waals surface area contributed by atoms with Gasteiger partial charge in [0.05, 0.1) is 11.1 Å². The number of halogens is 1. The van der Waals surface area contributed by atoms with Gasteiger partial charge in [-0.05, 0) is 18.6 Å². The fourth-order valence-corrected chi connectivity index (χ4v) is 1.79. The molecule has 100 valence electrons. The molecule has 0 atom stereocenters. The second-order valence-corrected chi connectivity index (χ2v) is 4.23. The molecular weight excluding hydrogens is 282 g/mol. The molecule has 0 unspecified atom stereocenters. The largest absolute Gasteiger partial charge is 0.448 e. The molecule has 0 aliphatic heterocycles. The Balaban J connectivity index is 2.61. The average Bonchev–Trinajstić information content (AvgIpc) is 2.41. The van der Waals surface area contributed by atoms with E-state index in [9.17, 15) is 10.1 Å². The van der Waals surface area contributed by atoms with Crippen molar-refractivity contribution in [3.63, 3.8) is 0 Å². The zero-order chi connectivity index (χ0) is 14.7. The maximum atomic E-state index is 11.1. The van der Waals surface area contributed by atoms with Crippen LogP contribution in [0.1, 0.15) is 11.1 Å². The van der Waals surface area contributed by atoms with Crippen molar-refractivity contribution in [1.29, 1.82) is 5.26 Å². The molecule has 0 aliphatic carbocycles. The second kappa shape index (κ2) is 5.55. The molecule has 7 heteroatoms. The average molecular weight is 290 g/mol. The van der Waals surface area contributed by atoms with Crippen molar-refractivity contribution in [2.24, 2.45) is 0 Å². The van der Waals surface area contributed by atoms with Gasteiger partial charge in [-0.25, -0.2) is 4.98 Å². The Morgan fingerprint density at radius 3 is 2.75 bits per heavy atom. The van der Waals surface area contributed by atoms with Gasteiger partial charge in [0.15, 0.2) is 0 Å². The summed E-state index contributed by atoms with van der Waals surface area (Å²) < 4.78 is 5.52. The van der Waals surface area contributed by atoms with Gasteiger partial charge in [0.25, 0.3) is 0 Å². The molecule has 0 spiro atoms. The van der Waals surface area contributed by atoms with E-state index in [1.807, 2.05) is 6.07 Å². The lowest BCUT2D eigenvalue weighted by molar-refractivity contribution is -0.385. The second-order valence-electron chi connectivity index (χ2n) is 3.88. The molecule has 2 aromatic rings. The van der Waals surface area contributed by atoms with Gasteiger partial charge >= 0.3 is 5.69 Å². The minimum Gasteiger partial charge on any atom is -0.448 e. The normalized spacial score (nSPS) is 9.85. The van der Waals surface area contributed by atoms with Gasteiger partial charge in [0.1, 0.15) is 17.4 Å². The van der Waals surface area contributed by atoms with Crippen LogP contribution in [-0.2, 0) is 0 Å². The molecule has 0 bridgehead atoms. The molecule has 0 N–H and O–H groups in total. The zero-order valence-electron chi connectivity index (χ0n) is 10.3. The van der Waals surface area contributed by atoms with Gasteiger partial charge in [-0.2, -0.15) is 5.26 Å². The molecule has 0 fully saturated rings. The van der Waals surface area contributed by atoms with Crippen LogP contribution in [0.3, 0.4) is 0 Å². The van der Waals surface area contributed by atoms with Gasteiger partial charge in [-0.1, -0.05) is 29.8 Å². The lowest BCUT2D eigenvalue weighted by atomic mass is 10.2. The zero-order valence-corrected chi connectivity index (χ0v) is 11.1. The Morgan fingerprint density at radius 1 is 1.45 bits per heavy atom. The molecule has 1 heterocycles. The smallest absolute Gasteiger partial charge is 0.349 e. The SMILES string of the molecule is Cc1ccccc1Oc1c(C#N)cnc(Cl)c1[N+](=O)[O-]. The van der Waals surface area contributed by atoms with E-state index in [2.05, 4.69) is 4.98 Å². The summed E-state index contributed by atoms with van der Waals surface area (Å²) in [5.41, 5.74) is 0.206. The number of nitriles is 1. The van der Waals surface area contributed by atoms with E-state index >= 15 is 0 Å². The van der Waals surface area contributed by atoms with E-state index in [0.29, 0.717) is 5.75 Å². The summed E-state index contributed by atoms with van der Waals surface area (Å²) in [4.78, 5) is 14.0. The van der Waals surface area contributed by atoms with Crippen molar-refractivity contribution in [2.75, 3.05) is 0 Å². The van der Waals surface area contributed by atoms with E-state index in [1.54, 1.807) is 31.2 Å². The highest BCUT2D eigenvalue weighted by molar-refractivity contribution is 6.31. The third kappa shape index (κ3) is 2.53. The van der Waals surface area contributed by atoms with Crippen LogP contribution in [0.2, 0.25) is 5.15 Å². The number of pyridine rings is 1. The first-order valence-electron chi connectivity index (χ1n) is 5.51. The number of ether oxygens (including phenoxy) is 1. The molecule has 1 aromatic heterocycles. The van der Waals surface area contributed by atoms with E-state index in [0.717, 1.165) is 11.8 Å². The minimum absolute atomic E-state index is 0.0515. The lowest BCUT2D eigenvalue weighted by Crippen LogP contribution is -1.99. The van der Waals surface area contributed by atoms with Crippen molar-refractivity contribution in [1.82, 2.24) is 4.98 Å². The van der Waals surface area contributed by atoms with E-state index in [1.165, 1.54) is 0 Å². The highest BCUT2D eigenvalue weighted by Gasteiger charge is 2.26. The molecule has 0 aliphatic rings. The maximum absolute atomic E-state index is 11.1. The van der Waals surface area contributed by atoms with Crippen molar-refractivity contribution < 1.29 is 9.66 Å². The van der Waals surface area contributed by atoms with Crippen LogP contribution in [0.15, 0.2) is 30.5 Å². The summed E-state index contributed by atoms with van der Waals surface area (Å²) in [5.74, 6) is 0.209. The number of aromatic nitrogens is 1. The fraction of sp³-hybridized carbons (Fsp3) is 0.0769. The molecule has 0 saturated heterocycles. The summed E-state index contributed by atoms with van der Waals surface area (Å²) in [7, 11) is 0. The van der Waals surface area contributed by atoms with Crippen LogP contribution in [0, 0.1) is 28.4 Å². The Morgan fingerprint density at radius 2 is 2.15 bits per heavy atom. The first-order valence-corrected chi connectivity index (χ1v) is 5.89. The first kappa shape index (κ1) is 13.8. The minimum atomic E-state index is -0.718. The molecule has 20 heavy (non-hydrogen) atoms. The number of rotatable bonds is 3. The molecule has 0 saturated carbocycles. The summed E-state index contributed by atoms with van der Waals surface area (Å²) >= 11 is 5.72. The summed E-state index contributed by atoms with van der Waals surface area (Å²) in [6, 6.07) is 8.77. The van der Waals surface area contributed by atoms with Gasteiger partial charge in [-0.15, -0.1) is 0 Å². The van der Waals surface area contributed by atoms with Crippen LogP contribution in [0.25, 0.3) is 0 Å². The molecule has 2 rings (SSSR count). The Kier molecular flexibility index (Phi) is 3.82.